The molecular weight excluding hydrogens is 647 g/mol. The number of esters is 1. The molecule has 1 aliphatic carbocycles. The maximum Gasteiger partial charge on any atom is 0.416 e. The fraction of sp³-hybridized carbons (Fsp3) is 0.533. The van der Waals surface area contributed by atoms with Gasteiger partial charge < -0.3 is 14.5 Å². The SMILES string of the molecule is CCN(CC1CCC(OC(C)=O)CC1)c1ccc(C(F)(F)F)cc1CN(Cc1cc(C(F)(F)F)cc(C(F)(F)F)c1)c1nnn(C)n1. The number of halogens is 9. The molecule has 4 rings (SSSR count). The zero-order chi connectivity index (χ0) is 34.7. The fourth-order valence-electron chi connectivity index (χ4n) is 5.71. The predicted octanol–water partition coefficient (Wildman–Crippen LogP) is 7.42. The molecule has 0 atom stereocenters. The molecular formula is C30H33F9N6O2. The Hall–Kier alpha value is -4.05. The van der Waals surface area contributed by atoms with Gasteiger partial charge in [0.2, 0.25) is 0 Å². The van der Waals surface area contributed by atoms with Gasteiger partial charge in [-0.1, -0.05) is 5.10 Å². The summed E-state index contributed by atoms with van der Waals surface area (Å²) in [4.78, 5) is 15.4. The average molecular weight is 681 g/mol. The molecule has 1 fully saturated rings. The van der Waals surface area contributed by atoms with Crippen LogP contribution in [0.5, 0.6) is 0 Å². The third-order valence-corrected chi connectivity index (χ3v) is 7.90. The summed E-state index contributed by atoms with van der Waals surface area (Å²) in [5.74, 6) is -0.464. The minimum Gasteiger partial charge on any atom is -0.463 e. The molecule has 0 amide bonds. The molecule has 0 N–H and O–H groups in total. The first-order chi connectivity index (χ1) is 21.8. The second-order valence-electron chi connectivity index (χ2n) is 11.5. The number of anilines is 2. The first kappa shape index (κ1) is 35.8. The van der Waals surface area contributed by atoms with E-state index >= 15 is 0 Å². The van der Waals surface area contributed by atoms with Gasteiger partial charge in [-0.2, -0.15) is 44.3 Å². The summed E-state index contributed by atoms with van der Waals surface area (Å²) in [5.41, 5.74) is -3.96. The summed E-state index contributed by atoms with van der Waals surface area (Å²) in [5, 5.41) is 11.6. The number of aromatic nitrogens is 4. The zero-order valence-electron chi connectivity index (χ0n) is 25.7. The molecule has 0 radical (unpaired) electrons. The third kappa shape index (κ3) is 9.50. The molecule has 1 heterocycles. The van der Waals surface area contributed by atoms with Crippen LogP contribution in [0.25, 0.3) is 0 Å². The lowest BCUT2D eigenvalue weighted by atomic mass is 9.86. The van der Waals surface area contributed by atoms with E-state index < -0.39 is 53.9 Å². The summed E-state index contributed by atoms with van der Waals surface area (Å²) < 4.78 is 129. The molecule has 3 aromatic rings. The average Bonchev–Trinajstić information content (AvgIpc) is 3.41. The minimum atomic E-state index is -5.10. The summed E-state index contributed by atoms with van der Waals surface area (Å²) in [6.07, 6.45) is -12.5. The maximum atomic E-state index is 13.9. The second kappa shape index (κ2) is 14.0. The number of aryl methyl sites for hydroxylation is 1. The molecule has 1 saturated carbocycles. The number of hydrogen-bond donors (Lipinski definition) is 0. The monoisotopic (exact) mass is 680 g/mol. The lowest BCUT2D eigenvalue weighted by Gasteiger charge is -2.34. The van der Waals surface area contributed by atoms with E-state index in [-0.39, 0.29) is 35.6 Å². The van der Waals surface area contributed by atoms with E-state index in [2.05, 4.69) is 15.4 Å². The van der Waals surface area contributed by atoms with Crippen molar-refractivity contribution in [3.05, 3.63) is 64.2 Å². The van der Waals surface area contributed by atoms with Gasteiger partial charge in [-0.05, 0) is 91.3 Å². The number of tetrazole rings is 1. The van der Waals surface area contributed by atoms with Gasteiger partial charge in [0, 0.05) is 38.8 Å². The van der Waals surface area contributed by atoms with Gasteiger partial charge in [0.05, 0.1) is 23.7 Å². The van der Waals surface area contributed by atoms with Crippen molar-refractivity contribution in [3.63, 3.8) is 0 Å². The van der Waals surface area contributed by atoms with Crippen LogP contribution in [-0.4, -0.2) is 45.4 Å². The van der Waals surface area contributed by atoms with Gasteiger partial charge in [-0.15, -0.1) is 5.10 Å². The van der Waals surface area contributed by atoms with Gasteiger partial charge in [-0.3, -0.25) is 4.79 Å². The van der Waals surface area contributed by atoms with E-state index in [0.717, 1.165) is 16.9 Å². The molecule has 0 aliphatic heterocycles. The lowest BCUT2D eigenvalue weighted by molar-refractivity contribution is -0.148. The summed E-state index contributed by atoms with van der Waals surface area (Å²) in [6, 6.07) is 4.24. The summed E-state index contributed by atoms with van der Waals surface area (Å²) in [6.45, 7) is 2.97. The number of hydrogen-bond acceptors (Lipinski definition) is 7. The maximum absolute atomic E-state index is 13.9. The van der Waals surface area contributed by atoms with Gasteiger partial charge in [0.15, 0.2) is 0 Å². The lowest BCUT2D eigenvalue weighted by Crippen LogP contribution is -2.34. The summed E-state index contributed by atoms with van der Waals surface area (Å²) >= 11 is 0. The van der Waals surface area contributed by atoms with Crippen LogP contribution in [0.4, 0.5) is 51.1 Å². The topological polar surface area (TPSA) is 76.4 Å². The van der Waals surface area contributed by atoms with Crippen molar-refractivity contribution < 1.29 is 49.0 Å². The van der Waals surface area contributed by atoms with E-state index in [0.29, 0.717) is 56.6 Å². The first-order valence-corrected chi connectivity index (χ1v) is 14.7. The number of nitrogens with zero attached hydrogens (tertiary/aromatic N) is 6. The van der Waals surface area contributed by atoms with Crippen LogP contribution in [0, 0.1) is 5.92 Å². The van der Waals surface area contributed by atoms with E-state index in [1.807, 2.05) is 11.8 Å². The second-order valence-corrected chi connectivity index (χ2v) is 11.5. The van der Waals surface area contributed by atoms with Gasteiger partial charge >= 0.3 is 24.5 Å². The molecule has 1 aliphatic rings. The highest BCUT2D eigenvalue weighted by molar-refractivity contribution is 5.66. The van der Waals surface area contributed by atoms with Crippen LogP contribution in [0.1, 0.15) is 67.3 Å². The molecule has 47 heavy (non-hydrogen) atoms. The molecule has 0 unspecified atom stereocenters. The largest absolute Gasteiger partial charge is 0.463 e. The minimum absolute atomic E-state index is 0.00183. The van der Waals surface area contributed by atoms with Crippen molar-refractivity contribution in [2.24, 2.45) is 13.0 Å². The normalized spacial score (nSPS) is 17.4. The molecule has 258 valence electrons. The number of alkyl halides is 9. The number of benzene rings is 2. The first-order valence-electron chi connectivity index (χ1n) is 14.7. The number of rotatable bonds is 10. The van der Waals surface area contributed by atoms with Gasteiger partial charge in [0.1, 0.15) is 6.10 Å². The molecule has 0 spiro atoms. The van der Waals surface area contributed by atoms with Crippen molar-refractivity contribution >= 4 is 17.6 Å². The van der Waals surface area contributed by atoms with Crippen LogP contribution in [0.15, 0.2) is 36.4 Å². The van der Waals surface area contributed by atoms with Crippen molar-refractivity contribution in [2.45, 2.75) is 77.3 Å². The quantitative estimate of drug-likeness (QED) is 0.163. The number of carbonyl (C=O) groups excluding carboxylic acids is 1. The highest BCUT2D eigenvalue weighted by Gasteiger charge is 2.37. The molecule has 8 nitrogen and oxygen atoms in total. The third-order valence-electron chi connectivity index (χ3n) is 7.90. The van der Waals surface area contributed by atoms with Crippen LogP contribution in [0.3, 0.4) is 0 Å². The standard InChI is InChI=1S/C30H33F9N6O2/c1-4-44(15-19-5-8-25(9-6-19)47-18(2)46)26-10-7-22(28(31,32)33)13-21(26)17-45(27-40-42-43(3)41-27)16-20-11-23(29(34,35)36)14-24(12-20)30(37,38)39/h7,10-14,19,25H,4-6,8-9,15-17H2,1-3H3. The fourth-order valence-corrected chi connectivity index (χ4v) is 5.71. The molecule has 1 aromatic heterocycles. The molecule has 17 heteroatoms. The Labute approximate surface area is 264 Å². The Morgan fingerprint density at radius 2 is 1.45 bits per heavy atom. The molecule has 0 saturated heterocycles. The Morgan fingerprint density at radius 1 is 0.851 bits per heavy atom. The van der Waals surface area contributed by atoms with Gasteiger partial charge in [-0.25, -0.2) is 0 Å². The highest BCUT2D eigenvalue weighted by Crippen LogP contribution is 2.38. The van der Waals surface area contributed by atoms with E-state index in [9.17, 15) is 44.3 Å². The van der Waals surface area contributed by atoms with Crippen molar-refractivity contribution in [3.8, 4) is 0 Å². The Balaban J connectivity index is 1.72. The van der Waals surface area contributed by atoms with E-state index in [4.69, 9.17) is 4.74 Å². The predicted molar refractivity (Wildman–Crippen MR) is 152 cm³/mol. The highest BCUT2D eigenvalue weighted by atomic mass is 19.4. The van der Waals surface area contributed by atoms with E-state index in [1.54, 1.807) is 0 Å². The molecule has 2 aromatic carbocycles. The van der Waals surface area contributed by atoms with Crippen molar-refractivity contribution in [2.75, 3.05) is 22.9 Å². The van der Waals surface area contributed by atoms with Crippen molar-refractivity contribution in [1.29, 1.82) is 0 Å². The Morgan fingerprint density at radius 3 is 1.94 bits per heavy atom. The van der Waals surface area contributed by atoms with E-state index in [1.165, 1.54) is 24.9 Å². The Bertz CT molecular complexity index is 1500. The summed E-state index contributed by atoms with van der Waals surface area (Å²) in [7, 11) is 1.38. The van der Waals surface area contributed by atoms with Crippen molar-refractivity contribution in [1.82, 2.24) is 20.2 Å². The molecule has 0 bridgehead atoms. The van der Waals surface area contributed by atoms with Crippen LogP contribution < -0.4 is 9.80 Å². The van der Waals surface area contributed by atoms with Crippen LogP contribution >= 0.6 is 0 Å². The smallest absolute Gasteiger partial charge is 0.416 e. The number of carbonyl (C=O) groups is 1. The van der Waals surface area contributed by atoms with Gasteiger partial charge in [0.25, 0.3) is 5.95 Å². The van der Waals surface area contributed by atoms with Crippen LogP contribution in [0.2, 0.25) is 0 Å². The zero-order valence-corrected chi connectivity index (χ0v) is 25.7. The number of ether oxygens (including phenoxy) is 1. The Kier molecular flexibility index (Phi) is 10.6. The van der Waals surface area contributed by atoms with Crippen LogP contribution in [-0.2, 0) is 48.2 Å².